The molecule has 25 heavy (non-hydrogen) atoms. The first-order chi connectivity index (χ1) is 11.9. The molecule has 0 fully saturated rings. The van der Waals surface area contributed by atoms with Crippen LogP contribution in [0.2, 0.25) is 5.02 Å². The van der Waals surface area contributed by atoms with E-state index >= 15 is 0 Å². The number of carbonyl (C=O) groups excluding carboxylic acids is 1. The average molecular weight is 361 g/mol. The molecule has 0 saturated carbocycles. The van der Waals surface area contributed by atoms with Crippen molar-refractivity contribution in [2.75, 3.05) is 26.0 Å². The van der Waals surface area contributed by atoms with E-state index in [2.05, 4.69) is 43.4 Å². The van der Waals surface area contributed by atoms with Gasteiger partial charge in [-0.05, 0) is 42.3 Å². The number of ether oxygens (including phenoxy) is 1. The van der Waals surface area contributed by atoms with Crippen LogP contribution in [0.5, 0.6) is 5.75 Å². The number of halogens is 1. The number of methoxy groups -OCH3 is 1. The summed E-state index contributed by atoms with van der Waals surface area (Å²) in [4.78, 5) is 14.3. The maximum absolute atomic E-state index is 12.3. The van der Waals surface area contributed by atoms with Gasteiger partial charge in [0.1, 0.15) is 5.75 Å². The number of benzene rings is 2. The lowest BCUT2D eigenvalue weighted by molar-refractivity contribution is -0.117. The predicted octanol–water partition coefficient (Wildman–Crippen LogP) is 4.54. The molecular formula is C20H25ClN2O2. The van der Waals surface area contributed by atoms with Crippen LogP contribution in [0.4, 0.5) is 5.69 Å². The van der Waals surface area contributed by atoms with Crippen molar-refractivity contribution in [1.82, 2.24) is 4.90 Å². The number of anilines is 1. The van der Waals surface area contributed by atoms with E-state index in [1.807, 2.05) is 11.9 Å². The molecule has 1 N–H and O–H groups in total. The first-order valence-electron chi connectivity index (χ1n) is 8.30. The fourth-order valence-corrected chi connectivity index (χ4v) is 2.76. The molecule has 0 saturated heterocycles. The van der Waals surface area contributed by atoms with Crippen LogP contribution >= 0.6 is 11.6 Å². The lowest BCUT2D eigenvalue weighted by atomic mass is 10.0. The molecule has 0 bridgehead atoms. The van der Waals surface area contributed by atoms with Gasteiger partial charge in [-0.25, -0.2) is 0 Å². The Kier molecular flexibility index (Phi) is 6.85. The minimum absolute atomic E-state index is 0.109. The lowest BCUT2D eigenvalue weighted by Gasteiger charge is -2.17. The SMILES string of the molecule is COc1ccc(Cl)cc1NC(=O)CN(C)Cc1ccc(C(C)C)cc1. The number of hydrogen-bond acceptors (Lipinski definition) is 3. The van der Waals surface area contributed by atoms with Gasteiger partial charge in [-0.1, -0.05) is 49.7 Å². The predicted molar refractivity (Wildman–Crippen MR) is 103 cm³/mol. The number of nitrogens with one attached hydrogen (secondary N) is 1. The number of nitrogens with zero attached hydrogens (tertiary/aromatic N) is 1. The van der Waals surface area contributed by atoms with Crippen molar-refractivity contribution in [2.45, 2.75) is 26.3 Å². The van der Waals surface area contributed by atoms with Gasteiger partial charge in [-0.3, -0.25) is 9.69 Å². The summed E-state index contributed by atoms with van der Waals surface area (Å²) in [5.74, 6) is 0.997. The fraction of sp³-hybridized carbons (Fsp3) is 0.350. The number of rotatable bonds is 7. The summed E-state index contributed by atoms with van der Waals surface area (Å²) in [5.41, 5.74) is 3.08. The topological polar surface area (TPSA) is 41.6 Å². The molecule has 0 spiro atoms. The van der Waals surface area contributed by atoms with Crippen LogP contribution in [0.15, 0.2) is 42.5 Å². The van der Waals surface area contributed by atoms with E-state index in [0.717, 1.165) is 0 Å². The highest BCUT2D eigenvalue weighted by atomic mass is 35.5. The van der Waals surface area contributed by atoms with Crippen molar-refractivity contribution < 1.29 is 9.53 Å². The van der Waals surface area contributed by atoms with Gasteiger partial charge in [0.2, 0.25) is 5.91 Å². The quantitative estimate of drug-likeness (QED) is 0.788. The first-order valence-corrected chi connectivity index (χ1v) is 8.67. The van der Waals surface area contributed by atoms with Gasteiger partial charge in [-0.2, -0.15) is 0 Å². The summed E-state index contributed by atoms with van der Waals surface area (Å²) in [6.45, 7) is 5.34. The second-order valence-corrected chi connectivity index (χ2v) is 6.90. The summed E-state index contributed by atoms with van der Waals surface area (Å²) in [6.07, 6.45) is 0. The van der Waals surface area contributed by atoms with Crippen molar-refractivity contribution in [1.29, 1.82) is 0 Å². The van der Waals surface area contributed by atoms with Gasteiger partial charge in [0.15, 0.2) is 0 Å². The second kappa shape index (κ2) is 8.88. The molecule has 2 aromatic carbocycles. The van der Waals surface area contributed by atoms with Gasteiger partial charge in [0.25, 0.3) is 0 Å². The van der Waals surface area contributed by atoms with Crippen LogP contribution in [-0.2, 0) is 11.3 Å². The number of hydrogen-bond donors (Lipinski definition) is 1. The molecule has 0 atom stereocenters. The Labute approximate surface area is 154 Å². The summed E-state index contributed by atoms with van der Waals surface area (Å²) >= 11 is 5.99. The summed E-state index contributed by atoms with van der Waals surface area (Å²) in [5, 5.41) is 3.40. The zero-order valence-electron chi connectivity index (χ0n) is 15.2. The Morgan fingerprint density at radius 1 is 1.20 bits per heavy atom. The molecule has 0 aliphatic carbocycles. The fourth-order valence-electron chi connectivity index (χ4n) is 2.59. The van der Waals surface area contributed by atoms with Crippen LogP contribution < -0.4 is 10.1 Å². The highest BCUT2D eigenvalue weighted by Gasteiger charge is 2.11. The van der Waals surface area contributed by atoms with Crippen molar-refractivity contribution >= 4 is 23.2 Å². The number of amides is 1. The molecule has 0 heterocycles. The number of carbonyl (C=O) groups is 1. The van der Waals surface area contributed by atoms with Gasteiger partial charge < -0.3 is 10.1 Å². The van der Waals surface area contributed by atoms with Crippen LogP contribution in [-0.4, -0.2) is 31.5 Å². The Morgan fingerprint density at radius 3 is 2.48 bits per heavy atom. The molecule has 5 heteroatoms. The van der Waals surface area contributed by atoms with E-state index in [1.165, 1.54) is 11.1 Å². The highest BCUT2D eigenvalue weighted by Crippen LogP contribution is 2.27. The van der Waals surface area contributed by atoms with Crippen molar-refractivity contribution in [3.05, 3.63) is 58.6 Å². The lowest BCUT2D eigenvalue weighted by Crippen LogP contribution is -2.30. The average Bonchev–Trinajstić information content (AvgIpc) is 2.55. The molecule has 0 aliphatic heterocycles. The summed E-state index contributed by atoms with van der Waals surface area (Å²) in [6, 6.07) is 13.7. The first kappa shape index (κ1) is 19.3. The van der Waals surface area contributed by atoms with Crippen LogP contribution in [0.1, 0.15) is 30.9 Å². The molecule has 0 aliphatic rings. The molecule has 1 amide bonds. The zero-order valence-corrected chi connectivity index (χ0v) is 15.9. The van der Waals surface area contributed by atoms with Crippen molar-refractivity contribution in [2.24, 2.45) is 0 Å². The van der Waals surface area contributed by atoms with E-state index < -0.39 is 0 Å². The van der Waals surface area contributed by atoms with Gasteiger partial charge in [-0.15, -0.1) is 0 Å². The minimum atomic E-state index is -0.109. The Hall–Kier alpha value is -2.04. The largest absolute Gasteiger partial charge is 0.495 e. The van der Waals surface area contributed by atoms with E-state index in [1.54, 1.807) is 25.3 Å². The molecule has 0 radical (unpaired) electrons. The Balaban J connectivity index is 1.93. The molecule has 2 aromatic rings. The smallest absolute Gasteiger partial charge is 0.238 e. The van der Waals surface area contributed by atoms with E-state index in [0.29, 0.717) is 28.9 Å². The molecular weight excluding hydrogens is 336 g/mol. The summed E-state index contributed by atoms with van der Waals surface area (Å²) < 4.78 is 5.25. The van der Waals surface area contributed by atoms with Gasteiger partial charge in [0, 0.05) is 11.6 Å². The third-order valence-corrected chi connectivity index (χ3v) is 4.18. The molecule has 2 rings (SSSR count). The maximum atomic E-state index is 12.3. The van der Waals surface area contributed by atoms with Gasteiger partial charge in [0.05, 0.1) is 19.3 Å². The van der Waals surface area contributed by atoms with Crippen LogP contribution in [0.25, 0.3) is 0 Å². The monoisotopic (exact) mass is 360 g/mol. The number of likely N-dealkylation sites (N-methyl/N-ethyl adjacent to an activating group) is 1. The zero-order chi connectivity index (χ0) is 18.4. The standard InChI is InChI=1S/C20H25ClN2O2/c1-14(2)16-7-5-15(6-8-16)12-23(3)13-20(24)22-18-11-17(21)9-10-19(18)25-4/h5-11,14H,12-13H2,1-4H3,(H,22,24). The second-order valence-electron chi connectivity index (χ2n) is 6.46. The highest BCUT2D eigenvalue weighted by molar-refractivity contribution is 6.31. The summed E-state index contributed by atoms with van der Waals surface area (Å²) in [7, 11) is 3.48. The van der Waals surface area contributed by atoms with E-state index in [9.17, 15) is 4.79 Å². The molecule has 4 nitrogen and oxygen atoms in total. The Bertz CT molecular complexity index is 714. The molecule has 0 unspecified atom stereocenters. The third-order valence-electron chi connectivity index (χ3n) is 3.95. The van der Waals surface area contributed by atoms with Gasteiger partial charge >= 0.3 is 0 Å². The normalized spacial score (nSPS) is 11.0. The van der Waals surface area contributed by atoms with Crippen LogP contribution in [0, 0.1) is 0 Å². The maximum Gasteiger partial charge on any atom is 0.238 e. The van der Waals surface area contributed by atoms with E-state index in [-0.39, 0.29) is 12.5 Å². The Morgan fingerprint density at radius 2 is 1.88 bits per heavy atom. The molecule has 134 valence electrons. The molecule has 0 aromatic heterocycles. The third kappa shape index (κ3) is 5.76. The van der Waals surface area contributed by atoms with E-state index in [4.69, 9.17) is 16.3 Å². The van der Waals surface area contributed by atoms with Crippen LogP contribution in [0.3, 0.4) is 0 Å². The minimum Gasteiger partial charge on any atom is -0.495 e. The van der Waals surface area contributed by atoms with Crippen molar-refractivity contribution in [3.8, 4) is 5.75 Å². The van der Waals surface area contributed by atoms with Crippen molar-refractivity contribution in [3.63, 3.8) is 0 Å².